The molecule has 1 aliphatic rings. The fourth-order valence-electron chi connectivity index (χ4n) is 2.18. The number of nitrogens with zero attached hydrogens (tertiary/aromatic N) is 1. The van der Waals surface area contributed by atoms with Crippen molar-refractivity contribution >= 4 is 5.91 Å². The molecule has 0 radical (unpaired) electrons. The molecule has 2 rings (SSSR count). The topological polar surface area (TPSA) is 59.5 Å². The van der Waals surface area contributed by atoms with E-state index in [0.29, 0.717) is 32.0 Å². The Morgan fingerprint density at radius 1 is 1.53 bits per heavy atom. The quantitative estimate of drug-likeness (QED) is 0.815. The van der Waals surface area contributed by atoms with Gasteiger partial charge < -0.3 is 15.1 Å². The van der Waals surface area contributed by atoms with E-state index in [2.05, 4.69) is 0 Å². The Morgan fingerprint density at radius 3 is 2.88 bits per heavy atom. The molecular formula is C13H20N2O2. The summed E-state index contributed by atoms with van der Waals surface area (Å²) in [5.41, 5.74) is 5.56. The number of nitrogens with two attached hydrogens (primary N) is 1. The molecule has 1 fully saturated rings. The molecule has 94 valence electrons. The van der Waals surface area contributed by atoms with Crippen LogP contribution in [-0.2, 0) is 11.2 Å². The summed E-state index contributed by atoms with van der Waals surface area (Å²) in [6, 6.07) is 4.19. The van der Waals surface area contributed by atoms with Crippen LogP contribution in [0.3, 0.4) is 0 Å². The van der Waals surface area contributed by atoms with Gasteiger partial charge in [0.2, 0.25) is 5.91 Å². The van der Waals surface area contributed by atoms with E-state index in [9.17, 15) is 4.79 Å². The first-order valence-electron chi connectivity index (χ1n) is 6.33. The van der Waals surface area contributed by atoms with Crippen LogP contribution < -0.4 is 5.73 Å². The van der Waals surface area contributed by atoms with Gasteiger partial charge in [-0.2, -0.15) is 0 Å². The number of amides is 1. The Morgan fingerprint density at radius 2 is 2.35 bits per heavy atom. The van der Waals surface area contributed by atoms with Gasteiger partial charge in [0.05, 0.1) is 6.26 Å². The third kappa shape index (κ3) is 3.09. The van der Waals surface area contributed by atoms with Gasteiger partial charge in [0.1, 0.15) is 5.76 Å². The molecule has 0 aromatic carbocycles. The van der Waals surface area contributed by atoms with Crippen molar-refractivity contribution in [1.82, 2.24) is 4.90 Å². The first-order chi connectivity index (χ1) is 8.31. The third-order valence-electron chi connectivity index (χ3n) is 3.37. The lowest BCUT2D eigenvalue weighted by Crippen LogP contribution is -2.46. The summed E-state index contributed by atoms with van der Waals surface area (Å²) in [5.74, 6) is 1.08. The van der Waals surface area contributed by atoms with Crippen LogP contribution in [0.25, 0.3) is 0 Å². The number of carbonyl (C=O) groups excluding carboxylic acids is 1. The molecule has 1 aromatic heterocycles. The van der Waals surface area contributed by atoms with Crippen LogP contribution in [0, 0.1) is 0 Å². The monoisotopic (exact) mass is 236 g/mol. The van der Waals surface area contributed by atoms with Crippen molar-refractivity contribution < 1.29 is 9.21 Å². The molecule has 2 N–H and O–H groups in total. The molecule has 0 spiro atoms. The van der Waals surface area contributed by atoms with Crippen molar-refractivity contribution in [2.24, 2.45) is 5.73 Å². The molecule has 0 aliphatic heterocycles. The van der Waals surface area contributed by atoms with Crippen LogP contribution >= 0.6 is 0 Å². The van der Waals surface area contributed by atoms with Crippen LogP contribution in [0.2, 0.25) is 0 Å². The zero-order valence-corrected chi connectivity index (χ0v) is 10.1. The molecule has 1 amide bonds. The highest BCUT2D eigenvalue weighted by Gasteiger charge is 2.27. The third-order valence-corrected chi connectivity index (χ3v) is 3.37. The second kappa shape index (κ2) is 5.87. The number of aryl methyl sites for hydroxylation is 1. The fraction of sp³-hybridized carbons (Fsp3) is 0.615. The van der Waals surface area contributed by atoms with E-state index in [4.69, 9.17) is 10.2 Å². The van der Waals surface area contributed by atoms with E-state index in [1.54, 1.807) is 6.26 Å². The van der Waals surface area contributed by atoms with Crippen molar-refractivity contribution in [2.75, 3.05) is 13.1 Å². The van der Waals surface area contributed by atoms with Crippen molar-refractivity contribution in [1.29, 1.82) is 0 Å². The fourth-order valence-corrected chi connectivity index (χ4v) is 2.18. The second-order valence-electron chi connectivity index (χ2n) is 4.54. The predicted octanol–water partition coefficient (Wildman–Crippen LogP) is 1.55. The molecular weight excluding hydrogens is 216 g/mol. The molecule has 1 aliphatic carbocycles. The summed E-state index contributed by atoms with van der Waals surface area (Å²) >= 11 is 0. The maximum absolute atomic E-state index is 12.1. The van der Waals surface area contributed by atoms with Gasteiger partial charge in [0, 0.05) is 32.0 Å². The maximum Gasteiger partial charge on any atom is 0.223 e. The van der Waals surface area contributed by atoms with Gasteiger partial charge in [0.15, 0.2) is 0 Å². The van der Waals surface area contributed by atoms with Crippen LogP contribution in [0.4, 0.5) is 0 Å². The number of rotatable bonds is 6. The normalized spacial score (nSPS) is 15.6. The van der Waals surface area contributed by atoms with E-state index in [1.165, 1.54) is 6.42 Å². The molecule has 0 atom stereocenters. The van der Waals surface area contributed by atoms with Gasteiger partial charge in [-0.1, -0.05) is 0 Å². The minimum absolute atomic E-state index is 0.205. The second-order valence-corrected chi connectivity index (χ2v) is 4.54. The zero-order valence-electron chi connectivity index (χ0n) is 10.1. The molecule has 4 nitrogen and oxygen atoms in total. The Hall–Kier alpha value is -1.29. The van der Waals surface area contributed by atoms with Crippen molar-refractivity contribution in [3.05, 3.63) is 24.2 Å². The smallest absolute Gasteiger partial charge is 0.223 e. The van der Waals surface area contributed by atoms with E-state index in [0.717, 1.165) is 18.6 Å². The van der Waals surface area contributed by atoms with E-state index >= 15 is 0 Å². The van der Waals surface area contributed by atoms with Gasteiger partial charge in [0.25, 0.3) is 0 Å². The lowest BCUT2D eigenvalue weighted by molar-refractivity contribution is -0.135. The van der Waals surface area contributed by atoms with Gasteiger partial charge in [-0.05, 0) is 31.4 Å². The van der Waals surface area contributed by atoms with E-state index < -0.39 is 0 Å². The molecule has 1 heterocycles. The van der Waals surface area contributed by atoms with Crippen LogP contribution in [-0.4, -0.2) is 29.9 Å². The Kier molecular flexibility index (Phi) is 4.20. The number of carbonyl (C=O) groups is 1. The average molecular weight is 236 g/mol. The van der Waals surface area contributed by atoms with Gasteiger partial charge in [-0.3, -0.25) is 4.79 Å². The predicted molar refractivity (Wildman–Crippen MR) is 65.4 cm³/mol. The first-order valence-corrected chi connectivity index (χ1v) is 6.33. The summed E-state index contributed by atoms with van der Waals surface area (Å²) < 4.78 is 5.23. The summed E-state index contributed by atoms with van der Waals surface area (Å²) in [4.78, 5) is 14.0. The Balaban J connectivity index is 1.83. The highest BCUT2D eigenvalue weighted by atomic mass is 16.3. The minimum Gasteiger partial charge on any atom is -0.469 e. The molecule has 0 saturated heterocycles. The molecule has 1 saturated carbocycles. The largest absolute Gasteiger partial charge is 0.469 e. The molecule has 0 unspecified atom stereocenters. The molecule has 0 bridgehead atoms. The highest BCUT2D eigenvalue weighted by molar-refractivity contribution is 5.76. The van der Waals surface area contributed by atoms with E-state index in [-0.39, 0.29) is 5.91 Å². The van der Waals surface area contributed by atoms with Crippen molar-refractivity contribution in [3.8, 4) is 0 Å². The standard InChI is InChI=1S/C13H20N2O2/c14-8-9-15(11-3-1-4-11)13(16)7-6-12-5-2-10-17-12/h2,5,10-11H,1,3-4,6-9,14H2. The number of furan rings is 1. The number of hydrogen-bond donors (Lipinski definition) is 1. The van der Waals surface area contributed by atoms with Gasteiger partial charge in [-0.15, -0.1) is 0 Å². The summed E-state index contributed by atoms with van der Waals surface area (Å²) in [6.07, 6.45) is 6.34. The Labute approximate surface area is 102 Å². The Bertz CT molecular complexity index is 344. The highest BCUT2D eigenvalue weighted by Crippen LogP contribution is 2.25. The molecule has 17 heavy (non-hydrogen) atoms. The lowest BCUT2D eigenvalue weighted by Gasteiger charge is -2.37. The average Bonchev–Trinajstić information content (AvgIpc) is 2.75. The SMILES string of the molecule is NCCN(C(=O)CCc1ccco1)C1CCC1. The first kappa shape index (κ1) is 12.2. The number of hydrogen-bond acceptors (Lipinski definition) is 3. The van der Waals surface area contributed by atoms with E-state index in [1.807, 2.05) is 17.0 Å². The van der Waals surface area contributed by atoms with Gasteiger partial charge in [-0.25, -0.2) is 0 Å². The molecule has 1 aromatic rings. The van der Waals surface area contributed by atoms with Crippen LogP contribution in [0.15, 0.2) is 22.8 Å². The summed E-state index contributed by atoms with van der Waals surface area (Å²) in [7, 11) is 0. The van der Waals surface area contributed by atoms with Crippen LogP contribution in [0.5, 0.6) is 0 Å². The van der Waals surface area contributed by atoms with Crippen molar-refractivity contribution in [2.45, 2.75) is 38.1 Å². The van der Waals surface area contributed by atoms with Crippen molar-refractivity contribution in [3.63, 3.8) is 0 Å². The van der Waals surface area contributed by atoms with Gasteiger partial charge >= 0.3 is 0 Å². The summed E-state index contributed by atoms with van der Waals surface area (Å²) in [6.45, 7) is 1.23. The summed E-state index contributed by atoms with van der Waals surface area (Å²) in [5, 5.41) is 0. The van der Waals surface area contributed by atoms with Crippen LogP contribution in [0.1, 0.15) is 31.4 Å². The molecule has 4 heteroatoms. The minimum atomic E-state index is 0.205. The zero-order chi connectivity index (χ0) is 12.1. The maximum atomic E-state index is 12.1. The lowest BCUT2D eigenvalue weighted by atomic mass is 9.91.